The van der Waals surface area contributed by atoms with Crippen LogP contribution < -0.4 is 5.32 Å². The van der Waals surface area contributed by atoms with Crippen molar-refractivity contribution in [3.05, 3.63) is 51.0 Å². The Morgan fingerprint density at radius 2 is 2.14 bits per heavy atom. The molecule has 1 fully saturated rings. The molecule has 1 aromatic heterocycles. The standard InChI is InChI=1S/C22H26N4O2S/c1-27-25-18-7-3-4-15-16(18)5-2-6-17(15)21-12-19(26-28-21)20-13-29-22(24-20)14-8-10-23-11-9-14/h2,5-6,13-14,21,23H,3-4,7-12H2,1H3. The van der Waals surface area contributed by atoms with Gasteiger partial charge in [-0.1, -0.05) is 28.5 Å². The Balaban J connectivity index is 1.34. The molecule has 0 spiro atoms. The molecule has 2 aromatic rings. The molecule has 1 saturated heterocycles. The van der Waals surface area contributed by atoms with Gasteiger partial charge in [0.1, 0.15) is 12.8 Å². The van der Waals surface area contributed by atoms with E-state index in [1.165, 1.54) is 34.5 Å². The lowest BCUT2D eigenvalue weighted by atomic mass is 9.84. The number of rotatable bonds is 4. The maximum atomic E-state index is 5.89. The number of hydrogen-bond donors (Lipinski definition) is 1. The molecule has 152 valence electrons. The van der Waals surface area contributed by atoms with E-state index >= 15 is 0 Å². The summed E-state index contributed by atoms with van der Waals surface area (Å²) in [6, 6.07) is 6.39. The fraction of sp³-hybridized carbons (Fsp3) is 0.500. The number of thiazole rings is 1. The molecular formula is C22H26N4O2S. The van der Waals surface area contributed by atoms with Gasteiger partial charge >= 0.3 is 0 Å². The molecule has 1 atom stereocenters. The molecule has 6 nitrogen and oxygen atoms in total. The summed E-state index contributed by atoms with van der Waals surface area (Å²) in [5.74, 6) is 0.577. The molecule has 5 rings (SSSR count). The molecule has 1 unspecified atom stereocenters. The topological polar surface area (TPSA) is 68.1 Å². The van der Waals surface area contributed by atoms with Gasteiger partial charge in [0, 0.05) is 23.3 Å². The van der Waals surface area contributed by atoms with E-state index in [1.54, 1.807) is 18.4 Å². The highest BCUT2D eigenvalue weighted by molar-refractivity contribution is 7.10. The number of benzene rings is 1. The molecule has 0 amide bonds. The van der Waals surface area contributed by atoms with Gasteiger partial charge in [0.2, 0.25) is 0 Å². The van der Waals surface area contributed by atoms with Crippen molar-refractivity contribution in [3.63, 3.8) is 0 Å². The monoisotopic (exact) mass is 410 g/mol. The van der Waals surface area contributed by atoms with Crippen molar-refractivity contribution >= 4 is 22.8 Å². The molecule has 0 saturated carbocycles. The third-order valence-corrected chi connectivity index (χ3v) is 7.09. The summed E-state index contributed by atoms with van der Waals surface area (Å²) in [4.78, 5) is 15.9. The van der Waals surface area contributed by atoms with Gasteiger partial charge in [0.05, 0.1) is 16.4 Å². The normalized spacial score (nSPS) is 23.6. The van der Waals surface area contributed by atoms with Crippen LogP contribution in [0, 0.1) is 0 Å². The van der Waals surface area contributed by atoms with Gasteiger partial charge in [0.25, 0.3) is 0 Å². The van der Waals surface area contributed by atoms with Crippen molar-refractivity contribution in [1.29, 1.82) is 0 Å². The fourth-order valence-electron chi connectivity index (χ4n) is 4.60. The Hall–Kier alpha value is -2.25. The third-order valence-electron chi connectivity index (χ3n) is 6.09. The number of aromatic nitrogens is 1. The summed E-state index contributed by atoms with van der Waals surface area (Å²) < 4.78 is 0. The van der Waals surface area contributed by atoms with Crippen molar-refractivity contribution in [2.45, 2.75) is 50.5 Å². The average Bonchev–Trinajstić information content (AvgIpc) is 3.44. The third kappa shape index (κ3) is 3.69. The first-order chi connectivity index (χ1) is 14.3. The van der Waals surface area contributed by atoms with E-state index in [1.807, 2.05) is 0 Å². The molecule has 0 bridgehead atoms. The predicted octanol–water partition coefficient (Wildman–Crippen LogP) is 4.16. The molecule has 1 aromatic carbocycles. The molecule has 7 heteroatoms. The molecule has 3 heterocycles. The number of nitrogens with one attached hydrogen (secondary N) is 1. The quantitative estimate of drug-likeness (QED) is 0.769. The molecule has 2 aliphatic heterocycles. The zero-order valence-corrected chi connectivity index (χ0v) is 17.5. The van der Waals surface area contributed by atoms with Crippen LogP contribution in [0.1, 0.15) is 71.5 Å². The van der Waals surface area contributed by atoms with Crippen LogP contribution in [0.3, 0.4) is 0 Å². The average molecular weight is 411 g/mol. The van der Waals surface area contributed by atoms with E-state index in [4.69, 9.17) is 14.7 Å². The van der Waals surface area contributed by atoms with Gasteiger partial charge in [-0.05, 0) is 56.3 Å². The summed E-state index contributed by atoms with van der Waals surface area (Å²) >= 11 is 1.76. The minimum atomic E-state index is -0.0501. The van der Waals surface area contributed by atoms with E-state index < -0.39 is 0 Å². The maximum Gasteiger partial charge on any atom is 0.158 e. The lowest BCUT2D eigenvalue weighted by Gasteiger charge is -2.22. The first kappa shape index (κ1) is 18.8. The number of fused-ring (bicyclic) bond motifs is 1. The van der Waals surface area contributed by atoms with Crippen LogP contribution in [0.25, 0.3) is 0 Å². The van der Waals surface area contributed by atoms with Crippen LogP contribution in [0.2, 0.25) is 0 Å². The first-order valence-electron chi connectivity index (χ1n) is 10.4. The second kappa shape index (κ2) is 8.24. The Morgan fingerprint density at radius 3 is 3.00 bits per heavy atom. The fourth-order valence-corrected chi connectivity index (χ4v) is 5.60. The highest BCUT2D eigenvalue weighted by Crippen LogP contribution is 2.36. The van der Waals surface area contributed by atoms with Gasteiger partial charge in [-0.3, -0.25) is 0 Å². The van der Waals surface area contributed by atoms with Gasteiger partial charge in [-0.2, -0.15) is 0 Å². The van der Waals surface area contributed by atoms with Crippen LogP contribution in [0.5, 0.6) is 0 Å². The van der Waals surface area contributed by atoms with Crippen molar-refractivity contribution in [2.24, 2.45) is 10.3 Å². The van der Waals surface area contributed by atoms with E-state index in [0.717, 1.165) is 55.9 Å². The summed E-state index contributed by atoms with van der Waals surface area (Å²) in [5, 5.41) is 15.5. The maximum absolute atomic E-state index is 5.89. The lowest BCUT2D eigenvalue weighted by molar-refractivity contribution is 0.0850. The Bertz CT molecular complexity index is 946. The zero-order chi connectivity index (χ0) is 19.6. The molecule has 1 N–H and O–H groups in total. The molecule has 0 radical (unpaired) electrons. The van der Waals surface area contributed by atoms with E-state index in [0.29, 0.717) is 5.92 Å². The van der Waals surface area contributed by atoms with Crippen LogP contribution in [-0.2, 0) is 16.1 Å². The van der Waals surface area contributed by atoms with Crippen LogP contribution >= 0.6 is 11.3 Å². The van der Waals surface area contributed by atoms with Gasteiger partial charge in [-0.25, -0.2) is 4.98 Å². The van der Waals surface area contributed by atoms with Gasteiger partial charge < -0.3 is 15.0 Å². The first-order valence-corrected chi connectivity index (χ1v) is 11.3. The minimum Gasteiger partial charge on any atom is -0.399 e. The largest absolute Gasteiger partial charge is 0.399 e. The van der Waals surface area contributed by atoms with Crippen LogP contribution in [0.4, 0.5) is 0 Å². The summed E-state index contributed by atoms with van der Waals surface area (Å²) in [5.41, 5.74) is 6.71. The highest BCUT2D eigenvalue weighted by Gasteiger charge is 2.30. The number of piperidine rings is 1. The Labute approximate surface area is 175 Å². The lowest BCUT2D eigenvalue weighted by Crippen LogP contribution is -2.26. The SMILES string of the molecule is CON=C1CCCc2c1cccc2C1CC(c2csc(C3CCNCC3)n2)=NO1. The summed E-state index contributed by atoms with van der Waals surface area (Å²) in [6.45, 7) is 2.17. The minimum absolute atomic E-state index is 0.0501. The van der Waals surface area contributed by atoms with Gasteiger partial charge in [0.15, 0.2) is 6.10 Å². The Morgan fingerprint density at radius 1 is 1.24 bits per heavy atom. The van der Waals surface area contributed by atoms with E-state index in [-0.39, 0.29) is 6.10 Å². The number of oxime groups is 2. The van der Waals surface area contributed by atoms with Crippen molar-refractivity contribution in [2.75, 3.05) is 20.2 Å². The van der Waals surface area contributed by atoms with Crippen molar-refractivity contribution in [1.82, 2.24) is 10.3 Å². The zero-order valence-electron chi connectivity index (χ0n) is 16.7. The smallest absolute Gasteiger partial charge is 0.158 e. The summed E-state index contributed by atoms with van der Waals surface area (Å²) in [6.07, 6.45) is 6.13. The van der Waals surface area contributed by atoms with E-state index in [2.05, 4.69) is 39.2 Å². The molecule has 1 aliphatic carbocycles. The predicted molar refractivity (Wildman–Crippen MR) is 115 cm³/mol. The second-order valence-electron chi connectivity index (χ2n) is 7.88. The summed E-state index contributed by atoms with van der Waals surface area (Å²) in [7, 11) is 1.61. The number of hydrogen-bond acceptors (Lipinski definition) is 7. The van der Waals surface area contributed by atoms with E-state index in [9.17, 15) is 0 Å². The van der Waals surface area contributed by atoms with Crippen LogP contribution in [0.15, 0.2) is 33.9 Å². The van der Waals surface area contributed by atoms with Crippen LogP contribution in [-0.4, -0.2) is 36.6 Å². The van der Waals surface area contributed by atoms with Gasteiger partial charge in [-0.15, -0.1) is 11.3 Å². The Kier molecular flexibility index (Phi) is 5.33. The van der Waals surface area contributed by atoms with Crippen molar-refractivity contribution in [3.8, 4) is 0 Å². The van der Waals surface area contributed by atoms with Crippen molar-refractivity contribution < 1.29 is 9.68 Å². The highest BCUT2D eigenvalue weighted by atomic mass is 32.1. The molecule has 29 heavy (non-hydrogen) atoms. The molecule has 3 aliphatic rings. The molecular weight excluding hydrogens is 384 g/mol. The number of nitrogens with zero attached hydrogens (tertiary/aromatic N) is 3. The second-order valence-corrected chi connectivity index (χ2v) is 8.77.